The number of amides is 1. The van der Waals surface area contributed by atoms with Crippen LogP contribution in [0.4, 0.5) is 0 Å². The molecule has 0 bridgehead atoms. The fourth-order valence-electron chi connectivity index (χ4n) is 3.95. The number of hydrogen-bond donors (Lipinski definition) is 1. The van der Waals surface area contributed by atoms with E-state index in [1.165, 1.54) is 0 Å². The first-order valence-electron chi connectivity index (χ1n) is 10.1. The van der Waals surface area contributed by atoms with E-state index < -0.39 is 12.1 Å². The zero-order chi connectivity index (χ0) is 20.4. The van der Waals surface area contributed by atoms with E-state index in [1.54, 1.807) is 35.7 Å². The first kappa shape index (κ1) is 19.6. The number of thiophene rings is 1. The quantitative estimate of drug-likeness (QED) is 0.600. The van der Waals surface area contributed by atoms with Crippen LogP contribution in [0.2, 0.25) is 0 Å². The third kappa shape index (κ3) is 4.05. The van der Waals surface area contributed by atoms with Crippen molar-refractivity contribution in [2.75, 3.05) is 0 Å². The highest BCUT2D eigenvalue weighted by Gasteiger charge is 2.31. The Morgan fingerprint density at radius 1 is 1.24 bits per heavy atom. The van der Waals surface area contributed by atoms with E-state index in [2.05, 4.69) is 10.3 Å². The molecule has 0 spiro atoms. The van der Waals surface area contributed by atoms with Crippen molar-refractivity contribution in [3.8, 4) is 0 Å². The molecule has 3 aromatic heterocycles. The smallest absolute Gasteiger partial charge is 0.356 e. The minimum Gasteiger partial charge on any atom is -0.441 e. The zero-order valence-corrected chi connectivity index (χ0v) is 17.4. The van der Waals surface area contributed by atoms with Crippen LogP contribution in [0.3, 0.4) is 0 Å². The molecule has 1 atom stereocenters. The van der Waals surface area contributed by atoms with Crippen molar-refractivity contribution < 1.29 is 14.3 Å². The minimum atomic E-state index is -1.07. The molecular weight excluding hydrogens is 386 g/mol. The number of fused-ring (bicyclic) bond motifs is 1. The maximum Gasteiger partial charge on any atom is 0.356 e. The van der Waals surface area contributed by atoms with Crippen molar-refractivity contribution in [1.29, 1.82) is 0 Å². The molecule has 0 aromatic carbocycles. The van der Waals surface area contributed by atoms with E-state index in [4.69, 9.17) is 4.74 Å². The number of esters is 1. The van der Waals surface area contributed by atoms with Gasteiger partial charge in [-0.25, -0.2) is 4.79 Å². The first-order valence-corrected chi connectivity index (χ1v) is 10.9. The molecule has 0 saturated heterocycles. The molecule has 6 nitrogen and oxygen atoms in total. The van der Waals surface area contributed by atoms with Gasteiger partial charge in [0.1, 0.15) is 5.69 Å². The molecule has 1 N–H and O–H groups in total. The minimum absolute atomic E-state index is 0.0882. The van der Waals surface area contributed by atoms with Crippen LogP contribution in [0.25, 0.3) is 10.2 Å². The van der Waals surface area contributed by atoms with Crippen molar-refractivity contribution in [2.45, 2.75) is 57.7 Å². The molecule has 152 valence electrons. The Labute approximate surface area is 173 Å². The molecule has 1 aliphatic rings. The number of rotatable bonds is 6. The van der Waals surface area contributed by atoms with E-state index in [-0.39, 0.29) is 18.0 Å². The van der Waals surface area contributed by atoms with Crippen LogP contribution in [0.15, 0.2) is 41.9 Å². The second-order valence-electron chi connectivity index (χ2n) is 7.69. The molecule has 3 heterocycles. The Morgan fingerprint density at radius 2 is 2.03 bits per heavy atom. The first-order chi connectivity index (χ1) is 14.0. The molecule has 29 heavy (non-hydrogen) atoms. The Bertz CT molecular complexity index is 1000. The molecule has 1 saturated carbocycles. The maximum absolute atomic E-state index is 13.1. The highest BCUT2D eigenvalue weighted by Crippen LogP contribution is 2.30. The molecule has 1 amide bonds. The fraction of sp³-hybridized carbons (Fsp3) is 0.409. The lowest BCUT2D eigenvalue weighted by atomic mass is 10.2. The van der Waals surface area contributed by atoms with Gasteiger partial charge in [-0.1, -0.05) is 18.9 Å². The Morgan fingerprint density at radius 3 is 2.72 bits per heavy atom. The number of nitrogens with one attached hydrogen (secondary N) is 1. The van der Waals surface area contributed by atoms with Gasteiger partial charge in [-0.05, 0) is 56.3 Å². The molecule has 1 unspecified atom stereocenters. The lowest BCUT2D eigenvalue weighted by molar-refractivity contribution is -0.131. The number of carbonyl (C=O) groups is 2. The fourth-order valence-corrected chi connectivity index (χ4v) is 4.76. The number of nitrogens with zero attached hydrogens (tertiary/aromatic N) is 2. The molecule has 4 rings (SSSR count). The largest absolute Gasteiger partial charge is 0.441 e. The lowest BCUT2D eigenvalue weighted by Crippen LogP contribution is -2.38. The average molecular weight is 412 g/mol. The maximum atomic E-state index is 13.1. The van der Waals surface area contributed by atoms with Gasteiger partial charge < -0.3 is 14.6 Å². The summed E-state index contributed by atoms with van der Waals surface area (Å²) in [7, 11) is 0. The summed E-state index contributed by atoms with van der Waals surface area (Å²) in [4.78, 5) is 30.4. The second kappa shape index (κ2) is 8.37. The van der Waals surface area contributed by atoms with Gasteiger partial charge >= 0.3 is 5.97 Å². The van der Waals surface area contributed by atoms with Crippen LogP contribution in [0.5, 0.6) is 0 Å². The molecule has 1 fully saturated rings. The number of carbonyl (C=O) groups excluding carboxylic acids is 2. The topological polar surface area (TPSA) is 73.2 Å². The summed E-state index contributed by atoms with van der Waals surface area (Å²) in [5, 5.41) is 5.04. The normalized spacial score (nSPS) is 15.7. The molecule has 7 heteroatoms. The van der Waals surface area contributed by atoms with Crippen LogP contribution >= 0.6 is 11.3 Å². The third-order valence-corrected chi connectivity index (χ3v) is 6.16. The summed E-state index contributed by atoms with van der Waals surface area (Å²) in [6.45, 7) is 4.05. The number of aromatic nitrogens is 2. The van der Waals surface area contributed by atoms with E-state index in [0.717, 1.165) is 35.9 Å². The van der Waals surface area contributed by atoms with Crippen molar-refractivity contribution in [2.24, 2.45) is 0 Å². The van der Waals surface area contributed by atoms with Crippen molar-refractivity contribution in [1.82, 2.24) is 14.9 Å². The van der Waals surface area contributed by atoms with E-state index in [1.807, 2.05) is 35.9 Å². The second-order valence-corrected chi connectivity index (χ2v) is 8.64. The molecule has 3 aromatic rings. The van der Waals surface area contributed by atoms with E-state index in [9.17, 15) is 9.59 Å². The number of ether oxygens (including phenoxy) is 1. The van der Waals surface area contributed by atoms with E-state index in [0.29, 0.717) is 11.4 Å². The van der Waals surface area contributed by atoms with Crippen LogP contribution in [0.1, 0.15) is 67.9 Å². The van der Waals surface area contributed by atoms with Crippen molar-refractivity contribution in [3.05, 3.63) is 53.3 Å². The predicted molar refractivity (Wildman–Crippen MR) is 113 cm³/mol. The van der Waals surface area contributed by atoms with Gasteiger partial charge in [0, 0.05) is 18.3 Å². The van der Waals surface area contributed by atoms with Gasteiger partial charge in [-0.2, -0.15) is 0 Å². The predicted octanol–water partition coefficient (Wildman–Crippen LogP) is 4.64. The summed E-state index contributed by atoms with van der Waals surface area (Å²) >= 11 is 1.58. The summed E-state index contributed by atoms with van der Waals surface area (Å²) in [5.41, 5.74) is 1.89. The van der Waals surface area contributed by atoms with Crippen LogP contribution in [-0.4, -0.2) is 27.5 Å². The number of hydrogen-bond acceptors (Lipinski definition) is 5. The van der Waals surface area contributed by atoms with Gasteiger partial charge in [0.25, 0.3) is 5.91 Å². The van der Waals surface area contributed by atoms with Gasteiger partial charge in [-0.3, -0.25) is 9.78 Å². The van der Waals surface area contributed by atoms with Crippen molar-refractivity contribution in [3.63, 3.8) is 0 Å². The molecule has 0 aliphatic heterocycles. The molecule has 1 aliphatic carbocycles. The molecule has 0 radical (unpaired) electrons. The Hall–Kier alpha value is -2.67. The van der Waals surface area contributed by atoms with Gasteiger partial charge in [-0.15, -0.1) is 11.3 Å². The molecular formula is C22H25N3O3S. The van der Waals surface area contributed by atoms with Crippen LogP contribution < -0.4 is 5.32 Å². The number of pyridine rings is 1. The van der Waals surface area contributed by atoms with E-state index >= 15 is 0 Å². The van der Waals surface area contributed by atoms with Crippen LogP contribution in [0, 0.1) is 0 Å². The highest BCUT2D eigenvalue weighted by molar-refractivity contribution is 7.17. The van der Waals surface area contributed by atoms with Crippen LogP contribution in [-0.2, 0) is 9.53 Å². The monoisotopic (exact) mass is 411 g/mol. The van der Waals surface area contributed by atoms with Gasteiger partial charge in [0.15, 0.2) is 0 Å². The zero-order valence-electron chi connectivity index (χ0n) is 16.6. The average Bonchev–Trinajstić information content (AvgIpc) is 3.43. The Balaban J connectivity index is 1.62. The Kier molecular flexibility index (Phi) is 5.67. The lowest BCUT2D eigenvalue weighted by Gasteiger charge is -2.21. The summed E-state index contributed by atoms with van der Waals surface area (Å²) in [5.74, 6) is -0.826. The standard InChI is InChI=1S/C22H25N3O3S/c1-14(2)25-17-10-12-29-19(17)13-18(25)22(27)28-20(16-9-5-6-11-23-16)21(26)24-15-7-3-4-8-15/h5-6,9-15,20H,3-4,7-8H2,1-2H3,(H,24,26). The summed E-state index contributed by atoms with van der Waals surface area (Å²) in [6, 6.07) is 9.34. The van der Waals surface area contributed by atoms with Gasteiger partial charge in [0.05, 0.1) is 15.9 Å². The highest BCUT2D eigenvalue weighted by atomic mass is 32.1. The SMILES string of the molecule is CC(C)n1c(C(=O)OC(C(=O)NC2CCCC2)c2ccccn2)cc2sccc21. The third-order valence-electron chi connectivity index (χ3n) is 5.31. The summed E-state index contributed by atoms with van der Waals surface area (Å²) < 4.78 is 8.74. The van der Waals surface area contributed by atoms with Crippen molar-refractivity contribution >= 4 is 33.4 Å². The van der Waals surface area contributed by atoms with Gasteiger partial charge in [0.2, 0.25) is 6.10 Å². The summed E-state index contributed by atoms with van der Waals surface area (Å²) in [6.07, 6.45) is 4.67.